The number of methoxy groups -OCH3 is 3. The number of carbonyl (C=O) groups is 1. The summed E-state index contributed by atoms with van der Waals surface area (Å²) in [4.78, 5) is 12.7. The fourth-order valence-electron chi connectivity index (χ4n) is 2.92. The standard InChI is InChI=1S/C21H21NO4/c1-24-18-11-9-17(15-6-4-5-7-16(15)18)21(23)22-13-14-8-10-19(25-2)20(12-14)26-3/h4-12H,13H2,1-3H3,(H,22,23). The molecule has 3 rings (SSSR count). The Morgan fingerprint density at radius 1 is 0.808 bits per heavy atom. The molecule has 0 saturated carbocycles. The number of amides is 1. The van der Waals surface area contributed by atoms with E-state index >= 15 is 0 Å². The number of rotatable bonds is 6. The average Bonchev–Trinajstić information content (AvgIpc) is 2.70. The zero-order valence-electron chi connectivity index (χ0n) is 15.0. The van der Waals surface area contributed by atoms with Gasteiger partial charge >= 0.3 is 0 Å². The van der Waals surface area contributed by atoms with Gasteiger partial charge in [0.1, 0.15) is 5.75 Å². The zero-order valence-corrected chi connectivity index (χ0v) is 15.0. The molecule has 0 aromatic heterocycles. The zero-order chi connectivity index (χ0) is 18.5. The van der Waals surface area contributed by atoms with Crippen molar-refractivity contribution in [3.8, 4) is 17.2 Å². The van der Waals surface area contributed by atoms with Crippen LogP contribution in [0.5, 0.6) is 17.2 Å². The van der Waals surface area contributed by atoms with Gasteiger partial charge in [0.15, 0.2) is 11.5 Å². The van der Waals surface area contributed by atoms with Crippen molar-refractivity contribution in [2.45, 2.75) is 6.54 Å². The number of ether oxygens (including phenoxy) is 3. The number of hydrogen-bond acceptors (Lipinski definition) is 4. The third-order valence-electron chi connectivity index (χ3n) is 4.25. The van der Waals surface area contributed by atoms with Crippen molar-refractivity contribution in [2.75, 3.05) is 21.3 Å². The van der Waals surface area contributed by atoms with E-state index in [1.54, 1.807) is 27.4 Å². The molecule has 5 nitrogen and oxygen atoms in total. The van der Waals surface area contributed by atoms with Gasteiger partial charge in [0.2, 0.25) is 0 Å². The van der Waals surface area contributed by atoms with Gasteiger partial charge in [0.25, 0.3) is 5.91 Å². The van der Waals surface area contributed by atoms with Crippen LogP contribution in [-0.4, -0.2) is 27.2 Å². The molecule has 1 amide bonds. The normalized spacial score (nSPS) is 10.4. The van der Waals surface area contributed by atoms with Crippen molar-refractivity contribution in [2.24, 2.45) is 0 Å². The number of nitrogens with one attached hydrogen (secondary N) is 1. The molecule has 0 saturated heterocycles. The highest BCUT2D eigenvalue weighted by atomic mass is 16.5. The van der Waals surface area contributed by atoms with Crippen molar-refractivity contribution in [1.29, 1.82) is 0 Å². The summed E-state index contributed by atoms with van der Waals surface area (Å²) in [6, 6.07) is 16.9. The Morgan fingerprint density at radius 2 is 1.46 bits per heavy atom. The van der Waals surface area contributed by atoms with Crippen LogP contribution in [0.1, 0.15) is 15.9 Å². The summed E-state index contributed by atoms with van der Waals surface area (Å²) in [5, 5.41) is 4.73. The van der Waals surface area contributed by atoms with E-state index in [9.17, 15) is 4.79 Å². The summed E-state index contributed by atoms with van der Waals surface area (Å²) in [5.74, 6) is 1.90. The molecule has 0 atom stereocenters. The Hall–Kier alpha value is -3.21. The Bertz CT molecular complexity index is 936. The summed E-state index contributed by atoms with van der Waals surface area (Å²) in [5.41, 5.74) is 1.54. The van der Waals surface area contributed by atoms with Crippen molar-refractivity contribution < 1.29 is 19.0 Å². The third kappa shape index (κ3) is 3.42. The van der Waals surface area contributed by atoms with Gasteiger partial charge in [-0.25, -0.2) is 0 Å². The van der Waals surface area contributed by atoms with Gasteiger partial charge in [0.05, 0.1) is 21.3 Å². The van der Waals surface area contributed by atoms with Crippen LogP contribution in [0.3, 0.4) is 0 Å². The van der Waals surface area contributed by atoms with Crippen LogP contribution in [0.4, 0.5) is 0 Å². The Labute approximate surface area is 152 Å². The summed E-state index contributed by atoms with van der Waals surface area (Å²) >= 11 is 0. The van der Waals surface area contributed by atoms with Gasteiger partial charge < -0.3 is 19.5 Å². The lowest BCUT2D eigenvalue weighted by molar-refractivity contribution is 0.0952. The Kier molecular flexibility index (Phi) is 5.27. The molecule has 26 heavy (non-hydrogen) atoms. The van der Waals surface area contributed by atoms with Gasteiger partial charge in [-0.3, -0.25) is 4.79 Å². The largest absolute Gasteiger partial charge is 0.496 e. The van der Waals surface area contributed by atoms with E-state index in [-0.39, 0.29) is 5.91 Å². The number of hydrogen-bond donors (Lipinski definition) is 1. The molecule has 0 heterocycles. The summed E-state index contributed by atoms with van der Waals surface area (Å²) in [6.07, 6.45) is 0. The first-order valence-corrected chi connectivity index (χ1v) is 8.22. The molecule has 5 heteroatoms. The van der Waals surface area contributed by atoms with Crippen molar-refractivity contribution >= 4 is 16.7 Å². The van der Waals surface area contributed by atoms with E-state index in [0.717, 1.165) is 22.1 Å². The first-order valence-electron chi connectivity index (χ1n) is 8.22. The van der Waals surface area contributed by atoms with Crippen LogP contribution < -0.4 is 19.5 Å². The van der Waals surface area contributed by atoms with Gasteiger partial charge in [-0.1, -0.05) is 30.3 Å². The Morgan fingerprint density at radius 3 is 2.15 bits per heavy atom. The maximum absolute atomic E-state index is 12.7. The van der Waals surface area contributed by atoms with Crippen LogP contribution in [0, 0.1) is 0 Å². The molecule has 134 valence electrons. The summed E-state index contributed by atoms with van der Waals surface area (Å²) in [7, 11) is 4.80. The summed E-state index contributed by atoms with van der Waals surface area (Å²) in [6.45, 7) is 0.388. The second-order valence-corrected chi connectivity index (χ2v) is 5.73. The van der Waals surface area contributed by atoms with E-state index < -0.39 is 0 Å². The second kappa shape index (κ2) is 7.78. The molecule has 0 aliphatic rings. The fraction of sp³-hybridized carbons (Fsp3) is 0.190. The lowest BCUT2D eigenvalue weighted by Gasteiger charge is -2.12. The van der Waals surface area contributed by atoms with E-state index in [1.165, 1.54) is 0 Å². The predicted molar refractivity (Wildman–Crippen MR) is 101 cm³/mol. The van der Waals surface area contributed by atoms with Gasteiger partial charge in [-0.05, 0) is 35.2 Å². The highest BCUT2D eigenvalue weighted by Crippen LogP contribution is 2.29. The smallest absolute Gasteiger partial charge is 0.252 e. The van der Waals surface area contributed by atoms with Crippen molar-refractivity contribution in [1.82, 2.24) is 5.32 Å². The van der Waals surface area contributed by atoms with E-state index in [2.05, 4.69) is 5.32 Å². The van der Waals surface area contributed by atoms with Crippen LogP contribution in [0.2, 0.25) is 0 Å². The van der Waals surface area contributed by atoms with E-state index in [0.29, 0.717) is 23.6 Å². The molecule has 0 fully saturated rings. The fourth-order valence-corrected chi connectivity index (χ4v) is 2.92. The molecule has 3 aromatic carbocycles. The highest BCUT2D eigenvalue weighted by Gasteiger charge is 2.13. The third-order valence-corrected chi connectivity index (χ3v) is 4.25. The maximum atomic E-state index is 12.7. The SMILES string of the molecule is COc1ccc(CNC(=O)c2ccc(OC)c3ccccc23)cc1OC. The lowest BCUT2D eigenvalue weighted by Crippen LogP contribution is -2.23. The van der Waals surface area contributed by atoms with Crippen molar-refractivity contribution in [3.63, 3.8) is 0 Å². The molecule has 0 aliphatic heterocycles. The van der Waals surface area contributed by atoms with Gasteiger partial charge in [-0.15, -0.1) is 0 Å². The molecule has 0 bridgehead atoms. The van der Waals surface area contributed by atoms with Crippen molar-refractivity contribution in [3.05, 3.63) is 65.7 Å². The maximum Gasteiger partial charge on any atom is 0.252 e. The molecule has 1 N–H and O–H groups in total. The first kappa shape index (κ1) is 17.6. The molecule has 0 radical (unpaired) electrons. The number of carbonyl (C=O) groups excluding carboxylic acids is 1. The van der Waals surface area contributed by atoms with Crippen LogP contribution in [0.15, 0.2) is 54.6 Å². The predicted octanol–water partition coefficient (Wildman–Crippen LogP) is 3.80. The van der Waals surface area contributed by atoms with Gasteiger partial charge in [-0.2, -0.15) is 0 Å². The van der Waals surface area contributed by atoms with Gasteiger partial charge in [0, 0.05) is 17.5 Å². The van der Waals surface area contributed by atoms with Crippen LogP contribution in [-0.2, 0) is 6.54 Å². The molecule has 0 unspecified atom stereocenters. The topological polar surface area (TPSA) is 56.8 Å². The van der Waals surface area contributed by atoms with E-state index in [1.807, 2.05) is 48.5 Å². The minimum absolute atomic E-state index is 0.140. The minimum Gasteiger partial charge on any atom is -0.496 e. The highest BCUT2D eigenvalue weighted by molar-refractivity contribution is 6.08. The molecule has 3 aromatic rings. The van der Waals surface area contributed by atoms with E-state index in [4.69, 9.17) is 14.2 Å². The van der Waals surface area contributed by atoms with Crippen LogP contribution >= 0.6 is 0 Å². The molecule has 0 spiro atoms. The van der Waals surface area contributed by atoms with Crippen LogP contribution in [0.25, 0.3) is 10.8 Å². The second-order valence-electron chi connectivity index (χ2n) is 5.73. The molecular formula is C21H21NO4. The Balaban J connectivity index is 1.82. The first-order chi connectivity index (χ1) is 12.7. The average molecular weight is 351 g/mol. The monoisotopic (exact) mass is 351 g/mol. The minimum atomic E-state index is -0.140. The number of benzene rings is 3. The lowest BCUT2D eigenvalue weighted by atomic mass is 10.0. The molecule has 0 aliphatic carbocycles. The molecular weight excluding hydrogens is 330 g/mol. The summed E-state index contributed by atoms with van der Waals surface area (Å²) < 4.78 is 15.9. The number of fused-ring (bicyclic) bond motifs is 1. The quantitative estimate of drug-likeness (QED) is 0.734.